The van der Waals surface area contributed by atoms with E-state index in [-0.39, 0.29) is 30.6 Å². The molecule has 9 heteroatoms. The van der Waals surface area contributed by atoms with Gasteiger partial charge in [0.2, 0.25) is 11.8 Å². The number of hydrogen-bond donors (Lipinski definition) is 1. The number of ether oxygens (including phenoxy) is 2. The van der Waals surface area contributed by atoms with Gasteiger partial charge in [0.25, 0.3) is 0 Å². The summed E-state index contributed by atoms with van der Waals surface area (Å²) in [6.07, 6.45) is 1.80. The van der Waals surface area contributed by atoms with Gasteiger partial charge in [-0.25, -0.2) is 0 Å². The Labute approximate surface area is 179 Å². The molecular formula is C22H25N3O6. The van der Waals surface area contributed by atoms with E-state index < -0.39 is 0 Å². The van der Waals surface area contributed by atoms with E-state index >= 15 is 0 Å². The van der Waals surface area contributed by atoms with Crippen LogP contribution in [0.3, 0.4) is 0 Å². The second-order valence-corrected chi connectivity index (χ2v) is 7.56. The number of ketones is 1. The third kappa shape index (κ3) is 5.05. The van der Waals surface area contributed by atoms with Crippen molar-refractivity contribution in [3.05, 3.63) is 41.9 Å². The summed E-state index contributed by atoms with van der Waals surface area (Å²) in [5.74, 6) is 1.28. The monoisotopic (exact) mass is 427 g/mol. The zero-order chi connectivity index (χ0) is 21.8. The van der Waals surface area contributed by atoms with Crippen LogP contribution in [0.1, 0.15) is 23.0 Å². The summed E-state index contributed by atoms with van der Waals surface area (Å²) in [6, 6.07) is 6.79. The zero-order valence-corrected chi connectivity index (χ0v) is 17.4. The van der Waals surface area contributed by atoms with Gasteiger partial charge < -0.3 is 24.1 Å². The molecule has 9 nitrogen and oxygen atoms in total. The number of hydrogen-bond acceptors (Lipinski definition) is 7. The van der Waals surface area contributed by atoms with E-state index in [2.05, 4.69) is 5.32 Å². The van der Waals surface area contributed by atoms with Gasteiger partial charge >= 0.3 is 0 Å². The number of carbonyl (C=O) groups excluding carboxylic acids is 3. The maximum absolute atomic E-state index is 12.6. The van der Waals surface area contributed by atoms with Crippen molar-refractivity contribution in [2.24, 2.45) is 0 Å². The van der Waals surface area contributed by atoms with Gasteiger partial charge in [-0.1, -0.05) is 0 Å². The average Bonchev–Trinajstić information content (AvgIpc) is 3.26. The van der Waals surface area contributed by atoms with Gasteiger partial charge in [-0.3, -0.25) is 19.3 Å². The quantitative estimate of drug-likeness (QED) is 0.699. The van der Waals surface area contributed by atoms with Gasteiger partial charge in [0, 0.05) is 37.8 Å². The van der Waals surface area contributed by atoms with E-state index in [0.717, 1.165) is 0 Å². The minimum Gasteiger partial charge on any atom is -0.486 e. The SMILES string of the molecule is CC(=O)c1cc2c(cc1NC(=O)CN1CCN(C(=O)Cc3ccco3)CC1)OCCO2. The van der Waals surface area contributed by atoms with Crippen LogP contribution >= 0.6 is 0 Å². The molecule has 3 heterocycles. The topological polar surface area (TPSA) is 101 Å². The van der Waals surface area contributed by atoms with Gasteiger partial charge in [0.15, 0.2) is 17.3 Å². The molecule has 2 aliphatic heterocycles. The van der Waals surface area contributed by atoms with Crippen molar-refractivity contribution < 1.29 is 28.3 Å². The summed E-state index contributed by atoms with van der Waals surface area (Å²) in [4.78, 5) is 40.8. The number of fused-ring (bicyclic) bond motifs is 1. The molecule has 0 unspecified atom stereocenters. The molecule has 0 radical (unpaired) electrons. The number of piperazine rings is 1. The molecule has 0 aliphatic carbocycles. The predicted molar refractivity (Wildman–Crippen MR) is 111 cm³/mol. The van der Waals surface area contributed by atoms with Crippen LogP contribution in [0.4, 0.5) is 5.69 Å². The van der Waals surface area contributed by atoms with Crippen molar-refractivity contribution in [2.45, 2.75) is 13.3 Å². The van der Waals surface area contributed by atoms with Crippen LogP contribution in [-0.4, -0.2) is 73.3 Å². The van der Waals surface area contributed by atoms with Crippen molar-refractivity contribution in [1.82, 2.24) is 9.80 Å². The molecule has 164 valence electrons. The molecule has 2 aromatic rings. The lowest BCUT2D eigenvalue weighted by atomic mass is 10.1. The second-order valence-electron chi connectivity index (χ2n) is 7.56. The molecule has 0 saturated carbocycles. The molecule has 1 aromatic carbocycles. The molecule has 1 fully saturated rings. The molecule has 0 spiro atoms. The first-order valence-electron chi connectivity index (χ1n) is 10.3. The smallest absolute Gasteiger partial charge is 0.238 e. The molecule has 2 amide bonds. The first-order chi connectivity index (χ1) is 15.0. The lowest BCUT2D eigenvalue weighted by Crippen LogP contribution is -2.50. The van der Waals surface area contributed by atoms with Gasteiger partial charge in [0.05, 0.1) is 24.9 Å². The molecule has 1 N–H and O–H groups in total. The Kier molecular flexibility index (Phi) is 6.22. The van der Waals surface area contributed by atoms with Crippen molar-refractivity contribution in [1.29, 1.82) is 0 Å². The lowest BCUT2D eigenvalue weighted by Gasteiger charge is -2.34. The summed E-state index contributed by atoms with van der Waals surface area (Å²) in [6.45, 7) is 4.75. The van der Waals surface area contributed by atoms with Crippen molar-refractivity contribution in [2.75, 3.05) is 51.3 Å². The Morgan fingerprint density at radius 1 is 1.03 bits per heavy atom. The Balaban J connectivity index is 1.31. The van der Waals surface area contributed by atoms with Crippen LogP contribution in [0.15, 0.2) is 34.9 Å². The van der Waals surface area contributed by atoms with Crippen LogP contribution in [0, 0.1) is 0 Å². The largest absolute Gasteiger partial charge is 0.486 e. The van der Waals surface area contributed by atoms with Gasteiger partial charge in [0.1, 0.15) is 19.0 Å². The predicted octanol–water partition coefficient (Wildman–Crippen LogP) is 1.58. The fourth-order valence-electron chi connectivity index (χ4n) is 3.71. The maximum atomic E-state index is 12.6. The number of anilines is 1. The summed E-state index contributed by atoms with van der Waals surface area (Å²) < 4.78 is 16.3. The number of carbonyl (C=O) groups is 3. The molecule has 2 aliphatic rings. The van der Waals surface area contributed by atoms with E-state index in [1.54, 1.807) is 35.4 Å². The van der Waals surface area contributed by atoms with Crippen LogP contribution < -0.4 is 14.8 Å². The summed E-state index contributed by atoms with van der Waals surface area (Å²) in [5, 5.41) is 2.82. The lowest BCUT2D eigenvalue weighted by molar-refractivity contribution is -0.132. The number of amides is 2. The number of rotatable bonds is 6. The van der Waals surface area contributed by atoms with Gasteiger partial charge in [-0.15, -0.1) is 0 Å². The van der Waals surface area contributed by atoms with Crippen molar-refractivity contribution in [3.8, 4) is 11.5 Å². The highest BCUT2D eigenvalue weighted by atomic mass is 16.6. The fraction of sp³-hybridized carbons (Fsp3) is 0.409. The van der Waals surface area contributed by atoms with E-state index in [0.29, 0.717) is 67.9 Å². The first kappa shape index (κ1) is 20.9. The van der Waals surface area contributed by atoms with Crippen LogP contribution in [-0.2, 0) is 16.0 Å². The zero-order valence-electron chi connectivity index (χ0n) is 17.4. The molecule has 1 aromatic heterocycles. The highest BCUT2D eigenvalue weighted by Gasteiger charge is 2.24. The molecular weight excluding hydrogens is 402 g/mol. The number of nitrogens with one attached hydrogen (secondary N) is 1. The third-order valence-electron chi connectivity index (χ3n) is 5.33. The fourth-order valence-corrected chi connectivity index (χ4v) is 3.71. The Bertz CT molecular complexity index is 964. The van der Waals surface area contributed by atoms with Crippen LogP contribution in [0.25, 0.3) is 0 Å². The minimum atomic E-state index is -0.227. The molecule has 1 saturated heterocycles. The maximum Gasteiger partial charge on any atom is 0.238 e. The van der Waals surface area contributed by atoms with E-state index in [9.17, 15) is 14.4 Å². The molecule has 31 heavy (non-hydrogen) atoms. The van der Waals surface area contributed by atoms with Gasteiger partial charge in [-0.05, 0) is 25.1 Å². The van der Waals surface area contributed by atoms with E-state index in [1.807, 2.05) is 4.90 Å². The van der Waals surface area contributed by atoms with E-state index in [1.165, 1.54) is 6.92 Å². The average molecular weight is 427 g/mol. The standard InChI is InChI=1S/C22H25N3O6/c1-15(26)17-12-19-20(31-10-9-30-19)13-18(17)23-21(27)14-24-4-6-25(7-5-24)22(28)11-16-3-2-8-29-16/h2-3,8,12-13H,4-7,9-11,14H2,1H3,(H,23,27). The van der Waals surface area contributed by atoms with Crippen molar-refractivity contribution in [3.63, 3.8) is 0 Å². The van der Waals surface area contributed by atoms with Crippen LogP contribution in [0.2, 0.25) is 0 Å². The second kappa shape index (κ2) is 9.22. The Morgan fingerprint density at radius 2 is 1.74 bits per heavy atom. The number of nitrogens with zero attached hydrogens (tertiary/aromatic N) is 2. The first-order valence-corrected chi connectivity index (χ1v) is 10.3. The molecule has 0 bridgehead atoms. The van der Waals surface area contributed by atoms with E-state index in [4.69, 9.17) is 13.9 Å². The highest BCUT2D eigenvalue weighted by Crippen LogP contribution is 2.35. The number of furan rings is 1. The Morgan fingerprint density at radius 3 is 2.39 bits per heavy atom. The van der Waals surface area contributed by atoms with Crippen LogP contribution in [0.5, 0.6) is 11.5 Å². The Hall–Kier alpha value is -3.33. The van der Waals surface area contributed by atoms with Gasteiger partial charge in [-0.2, -0.15) is 0 Å². The van der Waals surface area contributed by atoms with Crippen molar-refractivity contribution >= 4 is 23.3 Å². The third-order valence-corrected chi connectivity index (χ3v) is 5.33. The number of Topliss-reactive ketones (excluding diaryl/α,β-unsaturated/α-hetero) is 1. The number of benzene rings is 1. The minimum absolute atomic E-state index is 0.0152. The summed E-state index contributed by atoms with van der Waals surface area (Å²) in [5.41, 5.74) is 0.792. The molecule has 4 rings (SSSR count). The normalized spacial score (nSPS) is 16.1. The summed E-state index contributed by atoms with van der Waals surface area (Å²) in [7, 11) is 0. The molecule has 0 atom stereocenters. The summed E-state index contributed by atoms with van der Waals surface area (Å²) >= 11 is 0. The highest BCUT2D eigenvalue weighted by molar-refractivity contribution is 6.05.